The van der Waals surface area contributed by atoms with Gasteiger partial charge in [0.15, 0.2) is 0 Å². The SMILES string of the molecule is CC(C)(C)OC(Oc1cccc(-c2ccccc2Sc2ccccc2)c1)OC(C)(C)C. The van der Waals surface area contributed by atoms with E-state index < -0.39 is 17.7 Å². The molecular formula is C27H32O3S. The van der Waals surface area contributed by atoms with Crippen LogP contribution in [0.1, 0.15) is 41.5 Å². The molecule has 0 unspecified atom stereocenters. The van der Waals surface area contributed by atoms with Gasteiger partial charge in [-0.05, 0) is 83.0 Å². The summed E-state index contributed by atoms with van der Waals surface area (Å²) in [5.74, 6) is 0.704. The molecule has 0 aliphatic heterocycles. The zero-order valence-corrected chi connectivity index (χ0v) is 20.0. The van der Waals surface area contributed by atoms with Crippen LogP contribution in [0.25, 0.3) is 11.1 Å². The normalized spacial score (nSPS) is 12.2. The molecule has 0 saturated carbocycles. The lowest BCUT2D eigenvalue weighted by Gasteiger charge is -2.32. The van der Waals surface area contributed by atoms with Gasteiger partial charge in [0.1, 0.15) is 5.75 Å². The Balaban J connectivity index is 1.86. The minimum Gasteiger partial charge on any atom is -0.441 e. The van der Waals surface area contributed by atoms with E-state index in [1.54, 1.807) is 11.8 Å². The fourth-order valence-electron chi connectivity index (χ4n) is 2.91. The molecule has 0 aromatic heterocycles. The maximum Gasteiger partial charge on any atom is 0.316 e. The van der Waals surface area contributed by atoms with Crippen LogP contribution in [0.4, 0.5) is 0 Å². The number of hydrogen-bond donors (Lipinski definition) is 0. The maximum absolute atomic E-state index is 6.14. The van der Waals surface area contributed by atoms with Gasteiger partial charge >= 0.3 is 6.48 Å². The fourth-order valence-corrected chi connectivity index (χ4v) is 3.90. The summed E-state index contributed by atoms with van der Waals surface area (Å²) in [6, 6.07) is 26.9. The van der Waals surface area contributed by atoms with Gasteiger partial charge in [-0.15, -0.1) is 0 Å². The van der Waals surface area contributed by atoms with Crippen molar-refractivity contribution in [1.82, 2.24) is 0 Å². The lowest BCUT2D eigenvalue weighted by molar-refractivity contribution is -0.313. The highest BCUT2D eigenvalue weighted by molar-refractivity contribution is 7.99. The smallest absolute Gasteiger partial charge is 0.316 e. The molecule has 0 fully saturated rings. The third-order valence-electron chi connectivity index (χ3n) is 4.13. The van der Waals surface area contributed by atoms with Crippen LogP contribution in [0, 0.1) is 0 Å². The second kappa shape index (κ2) is 9.90. The first kappa shape index (κ1) is 23.4. The van der Waals surface area contributed by atoms with Crippen LogP contribution in [0.3, 0.4) is 0 Å². The Bertz CT molecular complexity index is 956. The average Bonchev–Trinajstić information content (AvgIpc) is 2.67. The molecule has 164 valence electrons. The third kappa shape index (κ3) is 7.73. The lowest BCUT2D eigenvalue weighted by atomic mass is 10.1. The Morgan fingerprint density at radius 1 is 0.677 bits per heavy atom. The molecule has 0 aliphatic carbocycles. The first-order chi connectivity index (χ1) is 14.6. The molecular weight excluding hydrogens is 404 g/mol. The summed E-state index contributed by atoms with van der Waals surface area (Å²) in [4.78, 5) is 2.40. The van der Waals surface area contributed by atoms with Crippen molar-refractivity contribution in [1.29, 1.82) is 0 Å². The summed E-state index contributed by atoms with van der Waals surface area (Å²) < 4.78 is 18.2. The molecule has 4 heteroatoms. The van der Waals surface area contributed by atoms with Gasteiger partial charge in [-0.1, -0.05) is 60.3 Å². The number of ether oxygens (including phenoxy) is 3. The lowest BCUT2D eigenvalue weighted by Crippen LogP contribution is -2.38. The van der Waals surface area contributed by atoms with Gasteiger partial charge in [0, 0.05) is 9.79 Å². The second-order valence-electron chi connectivity index (χ2n) is 9.31. The quantitative estimate of drug-likeness (QED) is 0.353. The van der Waals surface area contributed by atoms with Gasteiger partial charge in [0.2, 0.25) is 0 Å². The highest BCUT2D eigenvalue weighted by atomic mass is 32.2. The standard InChI is InChI=1S/C27H32O3S/c1-26(2,3)29-25(30-27(4,5)6)28-21-14-12-13-20(19-21)23-17-10-11-18-24(23)31-22-15-8-7-9-16-22/h7-19,25H,1-6H3. The highest BCUT2D eigenvalue weighted by Gasteiger charge is 2.26. The Labute approximate surface area is 190 Å². The van der Waals surface area contributed by atoms with E-state index in [9.17, 15) is 0 Å². The van der Waals surface area contributed by atoms with Gasteiger partial charge < -0.3 is 14.2 Å². The minimum atomic E-state index is -0.802. The van der Waals surface area contributed by atoms with Gasteiger partial charge in [0.25, 0.3) is 0 Å². The van der Waals surface area contributed by atoms with Crippen LogP contribution in [0.5, 0.6) is 5.75 Å². The summed E-state index contributed by atoms with van der Waals surface area (Å²) in [6.45, 7) is 11.1. The van der Waals surface area contributed by atoms with Gasteiger partial charge in [-0.2, -0.15) is 0 Å². The first-order valence-corrected chi connectivity index (χ1v) is 11.4. The van der Waals surface area contributed by atoms with Crippen LogP contribution in [-0.4, -0.2) is 17.7 Å². The summed E-state index contributed by atoms with van der Waals surface area (Å²) >= 11 is 1.75. The van der Waals surface area contributed by atoms with Crippen LogP contribution >= 0.6 is 11.8 Å². The predicted molar refractivity (Wildman–Crippen MR) is 129 cm³/mol. The highest BCUT2D eigenvalue weighted by Crippen LogP contribution is 2.37. The summed E-state index contributed by atoms with van der Waals surface area (Å²) in [5.41, 5.74) is 1.45. The van der Waals surface area contributed by atoms with E-state index in [2.05, 4.69) is 54.6 Å². The van der Waals surface area contributed by atoms with Crippen molar-refractivity contribution in [2.45, 2.75) is 69.0 Å². The summed E-state index contributed by atoms with van der Waals surface area (Å²) in [7, 11) is 0. The predicted octanol–water partition coefficient (Wildman–Crippen LogP) is 7.80. The van der Waals surface area contributed by atoms with Gasteiger partial charge in [-0.3, -0.25) is 0 Å². The van der Waals surface area contributed by atoms with E-state index in [4.69, 9.17) is 14.2 Å². The summed E-state index contributed by atoms with van der Waals surface area (Å²) in [5, 5.41) is 0. The molecule has 3 rings (SSSR count). The van der Waals surface area contributed by atoms with Crippen molar-refractivity contribution >= 4 is 11.8 Å². The van der Waals surface area contributed by atoms with E-state index in [1.165, 1.54) is 9.79 Å². The van der Waals surface area contributed by atoms with Crippen LogP contribution in [-0.2, 0) is 9.47 Å². The summed E-state index contributed by atoms with van der Waals surface area (Å²) in [6.07, 6.45) is 0. The van der Waals surface area contributed by atoms with Crippen molar-refractivity contribution in [3.05, 3.63) is 78.9 Å². The molecule has 0 saturated heterocycles. The Kier molecular flexibility index (Phi) is 7.47. The van der Waals surface area contributed by atoms with E-state index in [0.717, 1.165) is 11.1 Å². The number of benzene rings is 3. The molecule has 0 N–H and O–H groups in total. The van der Waals surface area contributed by atoms with Crippen LogP contribution < -0.4 is 4.74 Å². The fraction of sp³-hybridized carbons (Fsp3) is 0.333. The molecule has 3 aromatic carbocycles. The molecule has 0 atom stereocenters. The van der Waals surface area contributed by atoms with Crippen molar-refractivity contribution in [2.24, 2.45) is 0 Å². The zero-order chi connectivity index (χ0) is 22.5. The molecule has 0 amide bonds. The minimum absolute atomic E-state index is 0.396. The number of hydrogen-bond acceptors (Lipinski definition) is 4. The van der Waals surface area contributed by atoms with Crippen molar-refractivity contribution in [3.63, 3.8) is 0 Å². The monoisotopic (exact) mass is 436 g/mol. The Morgan fingerprint density at radius 3 is 1.94 bits per heavy atom. The van der Waals surface area contributed by atoms with Crippen molar-refractivity contribution < 1.29 is 14.2 Å². The number of rotatable bonds is 7. The molecule has 0 heterocycles. The van der Waals surface area contributed by atoms with Gasteiger partial charge in [-0.25, -0.2) is 0 Å². The average molecular weight is 437 g/mol. The van der Waals surface area contributed by atoms with Crippen molar-refractivity contribution in [3.8, 4) is 16.9 Å². The van der Waals surface area contributed by atoms with Crippen LogP contribution in [0.15, 0.2) is 88.7 Å². The maximum atomic E-state index is 6.14. The molecule has 0 radical (unpaired) electrons. The van der Waals surface area contributed by atoms with Gasteiger partial charge in [0.05, 0.1) is 11.2 Å². The van der Waals surface area contributed by atoms with E-state index in [0.29, 0.717) is 5.75 Å². The Morgan fingerprint density at radius 2 is 1.29 bits per heavy atom. The Hall–Kier alpha value is -2.27. The van der Waals surface area contributed by atoms with E-state index in [1.807, 2.05) is 65.8 Å². The molecule has 0 bridgehead atoms. The first-order valence-electron chi connectivity index (χ1n) is 10.5. The molecule has 3 aromatic rings. The van der Waals surface area contributed by atoms with E-state index in [-0.39, 0.29) is 0 Å². The van der Waals surface area contributed by atoms with Crippen molar-refractivity contribution in [2.75, 3.05) is 0 Å². The largest absolute Gasteiger partial charge is 0.441 e. The second-order valence-corrected chi connectivity index (χ2v) is 10.4. The molecule has 3 nitrogen and oxygen atoms in total. The molecule has 31 heavy (non-hydrogen) atoms. The van der Waals surface area contributed by atoms with E-state index >= 15 is 0 Å². The topological polar surface area (TPSA) is 27.7 Å². The molecule has 0 aliphatic rings. The molecule has 0 spiro atoms. The third-order valence-corrected chi connectivity index (χ3v) is 5.22. The van der Waals surface area contributed by atoms with Crippen LogP contribution in [0.2, 0.25) is 0 Å². The zero-order valence-electron chi connectivity index (χ0n) is 19.2.